The second kappa shape index (κ2) is 12.6. The number of carbonyl (C=O) groups excluding carboxylic acids is 2. The van der Waals surface area contributed by atoms with E-state index in [-0.39, 0.29) is 17.7 Å². The van der Waals surface area contributed by atoms with Crippen LogP contribution in [0.15, 0.2) is 24.5 Å². The lowest BCUT2D eigenvalue weighted by atomic mass is 9.97. The van der Waals surface area contributed by atoms with Gasteiger partial charge in [-0.2, -0.15) is 5.10 Å². The van der Waals surface area contributed by atoms with Crippen LogP contribution in [0.5, 0.6) is 0 Å². The highest BCUT2D eigenvalue weighted by Crippen LogP contribution is 2.18. The summed E-state index contributed by atoms with van der Waals surface area (Å²) in [5.74, 6) is 0.178. The fourth-order valence-electron chi connectivity index (χ4n) is 4.80. The molecule has 1 saturated heterocycles. The summed E-state index contributed by atoms with van der Waals surface area (Å²) in [7, 11) is 3.88. The zero-order valence-electron chi connectivity index (χ0n) is 21.2. The first-order valence-electron chi connectivity index (χ1n) is 12.5. The Morgan fingerprint density at radius 2 is 2.09 bits per heavy atom. The number of nitrogens with one attached hydrogen (secondary N) is 1. The SMILES string of the molecule is Cc1nn(C)c(C)c1CCCN(C)C(=O)C1CCCN(Cc2cccnc2)CCC(=O)NCC1. The molecule has 186 valence electrons. The van der Waals surface area contributed by atoms with Crippen molar-refractivity contribution in [1.29, 1.82) is 0 Å². The molecule has 1 atom stereocenters. The lowest BCUT2D eigenvalue weighted by Gasteiger charge is -2.25. The predicted molar refractivity (Wildman–Crippen MR) is 133 cm³/mol. The molecule has 3 heterocycles. The van der Waals surface area contributed by atoms with E-state index in [0.29, 0.717) is 25.9 Å². The molecule has 3 rings (SSSR count). The lowest BCUT2D eigenvalue weighted by molar-refractivity contribution is -0.135. The molecule has 1 fully saturated rings. The number of aromatic nitrogens is 3. The van der Waals surface area contributed by atoms with E-state index in [9.17, 15) is 9.59 Å². The Morgan fingerprint density at radius 1 is 1.26 bits per heavy atom. The Labute approximate surface area is 203 Å². The minimum Gasteiger partial charge on any atom is -0.356 e. The molecule has 2 aromatic heterocycles. The van der Waals surface area contributed by atoms with Crippen LogP contribution >= 0.6 is 0 Å². The number of rotatable bonds is 7. The number of nitrogens with zero attached hydrogens (tertiary/aromatic N) is 5. The van der Waals surface area contributed by atoms with Crippen LogP contribution in [-0.4, -0.2) is 69.6 Å². The third-order valence-electron chi connectivity index (χ3n) is 6.93. The monoisotopic (exact) mass is 468 g/mol. The van der Waals surface area contributed by atoms with Crippen molar-refractivity contribution in [2.45, 2.75) is 58.9 Å². The average molecular weight is 469 g/mol. The van der Waals surface area contributed by atoms with Gasteiger partial charge < -0.3 is 10.2 Å². The molecule has 0 radical (unpaired) electrons. The smallest absolute Gasteiger partial charge is 0.225 e. The Hall–Kier alpha value is -2.74. The molecule has 0 spiro atoms. The van der Waals surface area contributed by atoms with Gasteiger partial charge in [0.05, 0.1) is 5.69 Å². The van der Waals surface area contributed by atoms with E-state index in [1.54, 1.807) is 6.20 Å². The molecule has 2 aromatic rings. The molecule has 0 bridgehead atoms. The van der Waals surface area contributed by atoms with Crippen molar-refractivity contribution in [3.63, 3.8) is 0 Å². The molecule has 0 saturated carbocycles. The van der Waals surface area contributed by atoms with Gasteiger partial charge in [0.2, 0.25) is 11.8 Å². The minimum atomic E-state index is -0.0643. The maximum absolute atomic E-state index is 13.3. The van der Waals surface area contributed by atoms with Crippen molar-refractivity contribution in [3.05, 3.63) is 47.0 Å². The number of amides is 2. The highest BCUT2D eigenvalue weighted by molar-refractivity contribution is 5.79. The van der Waals surface area contributed by atoms with Crippen molar-refractivity contribution in [2.75, 3.05) is 33.2 Å². The van der Waals surface area contributed by atoms with Gasteiger partial charge in [-0.05, 0) is 69.7 Å². The number of pyridine rings is 1. The van der Waals surface area contributed by atoms with Gasteiger partial charge >= 0.3 is 0 Å². The van der Waals surface area contributed by atoms with Crippen molar-refractivity contribution < 1.29 is 9.59 Å². The number of aryl methyl sites for hydroxylation is 2. The van der Waals surface area contributed by atoms with E-state index in [1.165, 1.54) is 11.3 Å². The summed E-state index contributed by atoms with van der Waals surface area (Å²) in [5, 5.41) is 7.50. The maximum atomic E-state index is 13.3. The van der Waals surface area contributed by atoms with Gasteiger partial charge in [-0.25, -0.2) is 0 Å². The minimum absolute atomic E-state index is 0.0554. The van der Waals surface area contributed by atoms with E-state index in [1.807, 2.05) is 42.9 Å². The van der Waals surface area contributed by atoms with E-state index >= 15 is 0 Å². The molecule has 34 heavy (non-hydrogen) atoms. The summed E-state index contributed by atoms with van der Waals surface area (Å²) in [6, 6.07) is 4.00. The zero-order valence-corrected chi connectivity index (χ0v) is 21.2. The van der Waals surface area contributed by atoms with E-state index in [2.05, 4.69) is 33.3 Å². The van der Waals surface area contributed by atoms with Gasteiger partial charge in [-0.3, -0.25) is 24.2 Å². The molecular weight excluding hydrogens is 428 g/mol. The van der Waals surface area contributed by atoms with Crippen LogP contribution in [-0.2, 0) is 29.6 Å². The molecule has 1 aliphatic rings. The molecule has 8 nitrogen and oxygen atoms in total. The van der Waals surface area contributed by atoms with Crippen LogP contribution in [0.1, 0.15) is 54.6 Å². The van der Waals surface area contributed by atoms with Crippen molar-refractivity contribution >= 4 is 11.8 Å². The average Bonchev–Trinajstić information content (AvgIpc) is 3.04. The van der Waals surface area contributed by atoms with Crippen LogP contribution in [0.25, 0.3) is 0 Å². The highest BCUT2D eigenvalue weighted by atomic mass is 16.2. The fourth-order valence-corrected chi connectivity index (χ4v) is 4.80. The van der Waals surface area contributed by atoms with Gasteiger partial charge in [0.15, 0.2) is 0 Å². The molecule has 0 aromatic carbocycles. The number of hydrogen-bond donors (Lipinski definition) is 1. The van der Waals surface area contributed by atoms with Gasteiger partial charge in [-0.15, -0.1) is 0 Å². The Kier molecular flexibility index (Phi) is 9.62. The second-order valence-electron chi connectivity index (χ2n) is 9.50. The number of carbonyl (C=O) groups is 2. The van der Waals surface area contributed by atoms with E-state index in [0.717, 1.165) is 56.6 Å². The predicted octanol–water partition coefficient (Wildman–Crippen LogP) is 2.63. The summed E-state index contributed by atoms with van der Waals surface area (Å²) in [6.45, 7) is 7.78. The molecule has 1 unspecified atom stereocenters. The quantitative estimate of drug-likeness (QED) is 0.675. The van der Waals surface area contributed by atoms with Gasteiger partial charge in [0, 0.05) is 70.7 Å². The van der Waals surface area contributed by atoms with Crippen molar-refractivity contribution in [2.24, 2.45) is 13.0 Å². The van der Waals surface area contributed by atoms with Crippen LogP contribution < -0.4 is 5.32 Å². The first-order chi connectivity index (χ1) is 16.3. The molecule has 1 aliphatic heterocycles. The Balaban J connectivity index is 1.54. The summed E-state index contributed by atoms with van der Waals surface area (Å²) in [5.41, 5.74) is 4.70. The molecule has 2 amide bonds. The third-order valence-corrected chi connectivity index (χ3v) is 6.93. The third kappa shape index (κ3) is 7.38. The first-order valence-corrected chi connectivity index (χ1v) is 12.5. The molecule has 0 aliphatic carbocycles. The summed E-state index contributed by atoms with van der Waals surface area (Å²) >= 11 is 0. The van der Waals surface area contributed by atoms with Crippen molar-refractivity contribution in [1.82, 2.24) is 29.9 Å². The molecular formula is C26H40N6O2. The molecule has 1 N–H and O–H groups in total. The van der Waals surface area contributed by atoms with Crippen LogP contribution in [0, 0.1) is 19.8 Å². The van der Waals surface area contributed by atoms with Gasteiger partial charge in [0.1, 0.15) is 0 Å². The first kappa shape index (κ1) is 25.9. The normalized spacial score (nSPS) is 18.2. The Morgan fingerprint density at radius 3 is 2.79 bits per heavy atom. The van der Waals surface area contributed by atoms with E-state index < -0.39 is 0 Å². The van der Waals surface area contributed by atoms with Crippen LogP contribution in [0.2, 0.25) is 0 Å². The summed E-state index contributed by atoms with van der Waals surface area (Å²) < 4.78 is 1.92. The maximum Gasteiger partial charge on any atom is 0.225 e. The Bertz CT molecular complexity index is 942. The summed E-state index contributed by atoms with van der Waals surface area (Å²) in [6.07, 6.45) is 8.43. The highest BCUT2D eigenvalue weighted by Gasteiger charge is 2.23. The van der Waals surface area contributed by atoms with Crippen LogP contribution in [0.3, 0.4) is 0 Å². The van der Waals surface area contributed by atoms with Gasteiger partial charge in [-0.1, -0.05) is 6.07 Å². The second-order valence-corrected chi connectivity index (χ2v) is 9.50. The fraction of sp³-hybridized carbons (Fsp3) is 0.615. The lowest BCUT2D eigenvalue weighted by Crippen LogP contribution is -2.36. The van der Waals surface area contributed by atoms with E-state index in [4.69, 9.17) is 0 Å². The standard InChI is InChI=1S/C26H40N6O2/c1-20-24(21(2)31(4)29-20)10-7-15-30(3)26(34)23-9-6-16-32(17-12-25(33)28-14-11-23)19-22-8-5-13-27-18-22/h5,8,13,18,23H,6-7,9-12,14-17,19H2,1-4H3,(H,28,33). The zero-order chi connectivity index (χ0) is 24.5. The largest absolute Gasteiger partial charge is 0.356 e. The van der Waals surface area contributed by atoms with Crippen LogP contribution in [0.4, 0.5) is 0 Å². The van der Waals surface area contributed by atoms with Gasteiger partial charge in [0.25, 0.3) is 0 Å². The molecule has 8 heteroatoms. The summed E-state index contributed by atoms with van der Waals surface area (Å²) in [4.78, 5) is 33.9. The van der Waals surface area contributed by atoms with Crippen molar-refractivity contribution in [3.8, 4) is 0 Å². The number of hydrogen-bond acceptors (Lipinski definition) is 5. The topological polar surface area (TPSA) is 83.4 Å².